The Balaban J connectivity index is 0.000000403. The van der Waals surface area contributed by atoms with E-state index in [1.54, 1.807) is 0 Å². The average Bonchev–Trinajstić information content (AvgIpc) is 2.67. The number of nitrogens with zero attached hydrogens (tertiary/aromatic N) is 1. The third-order valence-corrected chi connectivity index (χ3v) is 6.25. The van der Waals surface area contributed by atoms with E-state index in [9.17, 15) is 8.42 Å². The molecular weight excluding hydrogens is 372 g/mol. The van der Waals surface area contributed by atoms with E-state index in [0.29, 0.717) is 18.1 Å². The van der Waals surface area contributed by atoms with Crippen LogP contribution in [0.25, 0.3) is 0 Å². The average molecular weight is 403 g/mol. The molecule has 0 spiro atoms. The molecule has 2 aromatic carbocycles. The molecule has 0 aliphatic carbocycles. The first kappa shape index (κ1) is 21.0. The van der Waals surface area contributed by atoms with Crippen LogP contribution in [0, 0.1) is 5.92 Å². The van der Waals surface area contributed by atoms with Crippen LogP contribution in [0.15, 0.2) is 60.7 Å². The molecule has 3 N–H and O–H groups in total. The standard InChI is InChI=1S/C21H26N2.CH4O3S/c1-21(20(22)18-12-14-23(21)15-13-18)19(16-8-4-2-5-9-16)17-10-6-3-7-11-17;1-5(2,3)4/h2-11,18-20H,12-15,22H2,1H3;1H3,(H,2,3,4). The van der Waals surface area contributed by atoms with Crippen molar-refractivity contribution in [1.29, 1.82) is 0 Å². The summed E-state index contributed by atoms with van der Waals surface area (Å²) in [6, 6.07) is 22.1. The van der Waals surface area contributed by atoms with Gasteiger partial charge < -0.3 is 5.73 Å². The van der Waals surface area contributed by atoms with Crippen LogP contribution in [-0.4, -0.2) is 48.8 Å². The largest absolute Gasteiger partial charge is 0.326 e. The highest BCUT2D eigenvalue weighted by molar-refractivity contribution is 7.85. The van der Waals surface area contributed by atoms with Crippen LogP contribution in [0.4, 0.5) is 0 Å². The molecule has 5 nitrogen and oxygen atoms in total. The summed E-state index contributed by atoms with van der Waals surface area (Å²) in [5.74, 6) is 0.989. The number of hydrogen-bond acceptors (Lipinski definition) is 4. The number of piperidine rings is 3. The van der Waals surface area contributed by atoms with E-state index in [-0.39, 0.29) is 11.6 Å². The van der Waals surface area contributed by atoms with Gasteiger partial charge in [0.1, 0.15) is 0 Å². The van der Waals surface area contributed by atoms with E-state index in [0.717, 1.165) is 0 Å². The van der Waals surface area contributed by atoms with Gasteiger partial charge in [0.2, 0.25) is 0 Å². The van der Waals surface area contributed by atoms with Crippen LogP contribution in [0.5, 0.6) is 0 Å². The quantitative estimate of drug-likeness (QED) is 0.771. The zero-order valence-corrected chi connectivity index (χ0v) is 17.3. The van der Waals surface area contributed by atoms with Crippen LogP contribution in [0.1, 0.15) is 36.8 Å². The first-order chi connectivity index (χ1) is 13.2. The summed E-state index contributed by atoms with van der Waals surface area (Å²) >= 11 is 0. The molecule has 2 atom stereocenters. The Bertz CT molecular complexity index is 814. The smallest absolute Gasteiger partial charge is 0.261 e. The molecule has 3 aliphatic heterocycles. The van der Waals surface area contributed by atoms with Crippen molar-refractivity contribution < 1.29 is 13.0 Å². The maximum absolute atomic E-state index is 9.19. The van der Waals surface area contributed by atoms with E-state index in [2.05, 4.69) is 72.5 Å². The highest BCUT2D eigenvalue weighted by Gasteiger charge is 2.53. The van der Waals surface area contributed by atoms with E-state index >= 15 is 0 Å². The van der Waals surface area contributed by atoms with Gasteiger partial charge in [-0.15, -0.1) is 0 Å². The maximum atomic E-state index is 9.19. The minimum Gasteiger partial charge on any atom is -0.326 e. The normalized spacial score (nSPS) is 29.2. The van der Waals surface area contributed by atoms with Crippen LogP contribution in [-0.2, 0) is 10.1 Å². The lowest BCUT2D eigenvalue weighted by Crippen LogP contribution is -2.70. The molecule has 28 heavy (non-hydrogen) atoms. The van der Waals surface area contributed by atoms with Gasteiger partial charge in [-0.05, 0) is 49.9 Å². The van der Waals surface area contributed by atoms with E-state index in [1.165, 1.54) is 37.1 Å². The lowest BCUT2D eigenvalue weighted by Gasteiger charge is -2.60. The van der Waals surface area contributed by atoms with Gasteiger partial charge in [0.25, 0.3) is 10.1 Å². The SMILES string of the molecule is CC1(C(c2ccccc2)c2ccccc2)C(N)C2CCN1CC2.CS(=O)(=O)O. The molecule has 0 aromatic heterocycles. The molecule has 2 unspecified atom stereocenters. The zero-order chi connectivity index (χ0) is 20.4. The van der Waals surface area contributed by atoms with Gasteiger partial charge in [-0.25, -0.2) is 0 Å². The molecule has 0 amide bonds. The molecule has 3 saturated heterocycles. The van der Waals surface area contributed by atoms with Crippen LogP contribution in [0.3, 0.4) is 0 Å². The number of rotatable bonds is 3. The summed E-state index contributed by atoms with van der Waals surface area (Å²) in [7, 11) is -3.67. The fourth-order valence-electron chi connectivity index (χ4n) is 4.96. The Labute approximate surface area is 168 Å². The molecule has 2 bridgehead atoms. The lowest BCUT2D eigenvalue weighted by atomic mass is 9.62. The summed E-state index contributed by atoms with van der Waals surface area (Å²) in [5.41, 5.74) is 9.58. The Kier molecular flexibility index (Phi) is 6.25. The van der Waals surface area contributed by atoms with Crippen molar-refractivity contribution in [3.63, 3.8) is 0 Å². The first-order valence-corrected chi connectivity index (χ1v) is 11.6. The molecule has 3 aliphatic rings. The van der Waals surface area contributed by atoms with Gasteiger partial charge in [-0.2, -0.15) is 8.42 Å². The minimum atomic E-state index is -3.67. The molecule has 3 heterocycles. The lowest BCUT2D eigenvalue weighted by molar-refractivity contribution is -0.0473. The summed E-state index contributed by atoms with van der Waals surface area (Å²) in [6.07, 6.45) is 3.23. The van der Waals surface area contributed by atoms with Gasteiger partial charge in [-0.1, -0.05) is 60.7 Å². The fraction of sp³-hybridized carbons (Fsp3) is 0.455. The van der Waals surface area contributed by atoms with E-state index < -0.39 is 10.1 Å². The molecule has 152 valence electrons. The molecule has 3 fully saturated rings. The van der Waals surface area contributed by atoms with Gasteiger partial charge in [0, 0.05) is 17.5 Å². The number of fused-ring (bicyclic) bond motifs is 3. The number of hydrogen-bond donors (Lipinski definition) is 2. The van der Waals surface area contributed by atoms with Gasteiger partial charge in [0.15, 0.2) is 0 Å². The summed E-state index contributed by atoms with van der Waals surface area (Å²) in [4.78, 5) is 2.66. The molecule has 0 radical (unpaired) electrons. The molecule has 0 saturated carbocycles. The van der Waals surface area contributed by atoms with Crippen LogP contribution < -0.4 is 5.73 Å². The second kappa shape index (κ2) is 8.33. The van der Waals surface area contributed by atoms with Crippen molar-refractivity contribution in [2.75, 3.05) is 19.3 Å². The van der Waals surface area contributed by atoms with Crippen molar-refractivity contribution in [3.05, 3.63) is 71.8 Å². The zero-order valence-electron chi connectivity index (χ0n) is 16.5. The highest BCUT2D eigenvalue weighted by Crippen LogP contribution is 2.48. The summed E-state index contributed by atoms with van der Waals surface area (Å²) in [6.45, 7) is 4.77. The Morgan fingerprint density at radius 1 is 1.00 bits per heavy atom. The number of benzene rings is 2. The molecule has 6 heteroatoms. The van der Waals surface area contributed by atoms with Crippen LogP contribution >= 0.6 is 0 Å². The molecule has 5 rings (SSSR count). The third-order valence-electron chi connectivity index (χ3n) is 6.25. The maximum Gasteiger partial charge on any atom is 0.261 e. The second-order valence-electron chi connectivity index (χ2n) is 8.06. The van der Waals surface area contributed by atoms with Crippen molar-refractivity contribution in [2.45, 2.75) is 37.3 Å². The predicted molar refractivity (Wildman–Crippen MR) is 113 cm³/mol. The minimum absolute atomic E-state index is 0.0100. The topological polar surface area (TPSA) is 83.6 Å². The molecular formula is C22H30N2O3S. The van der Waals surface area contributed by atoms with Gasteiger partial charge in [-0.3, -0.25) is 9.45 Å². The van der Waals surface area contributed by atoms with Gasteiger partial charge >= 0.3 is 0 Å². The van der Waals surface area contributed by atoms with Gasteiger partial charge in [0.05, 0.1) is 6.26 Å². The highest BCUT2D eigenvalue weighted by atomic mass is 32.2. The fourth-order valence-corrected chi connectivity index (χ4v) is 4.96. The van der Waals surface area contributed by atoms with E-state index in [1.807, 2.05) is 0 Å². The third kappa shape index (κ3) is 4.46. The Hall–Kier alpha value is -1.73. The summed E-state index contributed by atoms with van der Waals surface area (Å²) in [5, 5.41) is 0. The Morgan fingerprint density at radius 3 is 1.75 bits per heavy atom. The number of nitrogens with two attached hydrogens (primary N) is 1. The first-order valence-electron chi connectivity index (χ1n) is 9.74. The second-order valence-corrected chi connectivity index (χ2v) is 9.53. The van der Waals surface area contributed by atoms with E-state index in [4.69, 9.17) is 10.3 Å². The van der Waals surface area contributed by atoms with Crippen molar-refractivity contribution in [1.82, 2.24) is 4.90 Å². The van der Waals surface area contributed by atoms with Crippen molar-refractivity contribution in [2.24, 2.45) is 11.7 Å². The predicted octanol–water partition coefficient (Wildman–Crippen LogP) is 3.13. The van der Waals surface area contributed by atoms with Crippen molar-refractivity contribution >= 4 is 10.1 Å². The monoisotopic (exact) mass is 402 g/mol. The van der Waals surface area contributed by atoms with Crippen LogP contribution in [0.2, 0.25) is 0 Å². The molecule has 2 aromatic rings. The summed E-state index contributed by atoms with van der Waals surface area (Å²) < 4.78 is 25.9. The Morgan fingerprint density at radius 2 is 1.39 bits per heavy atom. The van der Waals surface area contributed by atoms with Crippen molar-refractivity contribution in [3.8, 4) is 0 Å².